The molecule has 1 heterocycles. The first kappa shape index (κ1) is 3.90. The minimum absolute atomic E-state index is 1.15. The average Bonchev–Trinajstić information content (AvgIpc) is 2.41. The molecule has 0 radical (unpaired) electrons. The smallest absolute Gasteiger partial charge is 0.0786 e. The molecule has 2 rings (SSSR count). The Hall–Kier alpha value is -0.0400. The zero-order valence-electron chi connectivity index (χ0n) is 4.56. The summed E-state index contributed by atoms with van der Waals surface area (Å²) in [5.74, 6) is 2.32. The van der Waals surface area contributed by atoms with Crippen molar-refractivity contribution in [3.8, 4) is 0 Å². The summed E-state index contributed by atoms with van der Waals surface area (Å²) in [5, 5.41) is 2.45. The highest BCUT2D eigenvalue weighted by Gasteiger charge is 2.40. The first-order valence-corrected chi connectivity index (χ1v) is 3.28. The van der Waals surface area contributed by atoms with Crippen LogP contribution in [-0.4, -0.2) is 13.1 Å². The number of rotatable bonds is 0. The van der Waals surface area contributed by atoms with Crippen LogP contribution in [0.2, 0.25) is 0 Å². The van der Waals surface area contributed by atoms with E-state index < -0.39 is 0 Å². The SMILES string of the molecule is C1CC2CC2C[NH2+]1. The van der Waals surface area contributed by atoms with E-state index in [-0.39, 0.29) is 0 Å². The van der Waals surface area contributed by atoms with E-state index in [1.54, 1.807) is 6.42 Å². The maximum absolute atomic E-state index is 2.45. The molecule has 0 spiro atoms. The Morgan fingerprint density at radius 2 is 2.29 bits per heavy atom. The molecule has 0 aromatic heterocycles. The van der Waals surface area contributed by atoms with Crippen LogP contribution in [0.25, 0.3) is 0 Å². The Morgan fingerprint density at radius 1 is 1.29 bits per heavy atom. The fourth-order valence-corrected chi connectivity index (χ4v) is 1.62. The average molecular weight is 98.2 g/mol. The molecule has 40 valence electrons. The second kappa shape index (κ2) is 1.22. The number of hydrogen-bond acceptors (Lipinski definition) is 0. The van der Waals surface area contributed by atoms with Gasteiger partial charge < -0.3 is 5.32 Å². The minimum atomic E-state index is 1.15. The normalized spacial score (nSPS) is 48.0. The van der Waals surface area contributed by atoms with Crippen molar-refractivity contribution in [3.05, 3.63) is 0 Å². The molecule has 7 heavy (non-hydrogen) atoms. The fourth-order valence-electron chi connectivity index (χ4n) is 1.62. The van der Waals surface area contributed by atoms with Gasteiger partial charge in [-0.3, -0.25) is 0 Å². The lowest BCUT2D eigenvalue weighted by Gasteiger charge is -2.04. The van der Waals surface area contributed by atoms with E-state index in [2.05, 4.69) is 5.32 Å². The Morgan fingerprint density at radius 3 is 2.86 bits per heavy atom. The van der Waals surface area contributed by atoms with E-state index in [9.17, 15) is 0 Å². The molecule has 2 unspecified atom stereocenters. The number of fused-ring (bicyclic) bond motifs is 1. The summed E-state index contributed by atoms with van der Waals surface area (Å²) < 4.78 is 0. The predicted molar refractivity (Wildman–Crippen MR) is 27.9 cm³/mol. The second-order valence-electron chi connectivity index (χ2n) is 2.86. The zero-order valence-corrected chi connectivity index (χ0v) is 4.56. The van der Waals surface area contributed by atoms with Gasteiger partial charge in [-0.2, -0.15) is 0 Å². The van der Waals surface area contributed by atoms with Gasteiger partial charge >= 0.3 is 0 Å². The monoisotopic (exact) mass is 98.1 g/mol. The van der Waals surface area contributed by atoms with E-state index in [1.165, 1.54) is 25.4 Å². The lowest BCUT2D eigenvalue weighted by molar-refractivity contribution is -0.664. The number of piperidine rings is 1. The van der Waals surface area contributed by atoms with E-state index >= 15 is 0 Å². The maximum atomic E-state index is 2.45. The number of quaternary nitrogens is 1. The zero-order chi connectivity index (χ0) is 4.69. The van der Waals surface area contributed by atoms with Crippen molar-refractivity contribution in [1.29, 1.82) is 0 Å². The van der Waals surface area contributed by atoms with Crippen LogP contribution in [0.1, 0.15) is 12.8 Å². The molecule has 2 aliphatic rings. The molecule has 1 saturated carbocycles. The number of nitrogens with two attached hydrogens (primary N) is 1. The van der Waals surface area contributed by atoms with Gasteiger partial charge in [0.1, 0.15) is 0 Å². The Bertz CT molecular complexity index is 70.2. The van der Waals surface area contributed by atoms with Crippen LogP contribution in [-0.2, 0) is 0 Å². The van der Waals surface area contributed by atoms with Crippen LogP contribution in [0.4, 0.5) is 0 Å². The molecule has 1 nitrogen and oxygen atoms in total. The van der Waals surface area contributed by atoms with Crippen molar-refractivity contribution < 1.29 is 5.32 Å². The van der Waals surface area contributed by atoms with Gasteiger partial charge in [0, 0.05) is 5.92 Å². The minimum Gasteiger partial charge on any atom is -0.346 e. The summed E-state index contributed by atoms with van der Waals surface area (Å²) in [5.41, 5.74) is 0. The standard InChI is InChI=1S/C6H11N/c1-2-7-4-6-3-5(1)6/h5-7H,1-4H2/p+1. The summed E-state index contributed by atoms with van der Waals surface area (Å²) in [6.07, 6.45) is 3.06. The van der Waals surface area contributed by atoms with Gasteiger partial charge in [0.05, 0.1) is 13.1 Å². The quantitative estimate of drug-likeness (QED) is 0.424. The number of hydrogen-bond donors (Lipinski definition) is 1. The Kier molecular flexibility index (Phi) is 0.680. The first-order valence-electron chi connectivity index (χ1n) is 3.28. The van der Waals surface area contributed by atoms with Crippen molar-refractivity contribution in [2.24, 2.45) is 11.8 Å². The van der Waals surface area contributed by atoms with Gasteiger partial charge in [0.25, 0.3) is 0 Å². The van der Waals surface area contributed by atoms with Gasteiger partial charge in [0.15, 0.2) is 0 Å². The van der Waals surface area contributed by atoms with Gasteiger partial charge in [-0.15, -0.1) is 0 Å². The van der Waals surface area contributed by atoms with Gasteiger partial charge in [-0.25, -0.2) is 0 Å². The van der Waals surface area contributed by atoms with E-state index in [0.717, 1.165) is 5.92 Å². The molecule has 2 fully saturated rings. The molecule has 1 saturated heterocycles. The molecule has 2 atom stereocenters. The highest BCUT2D eigenvalue weighted by Crippen LogP contribution is 2.40. The fraction of sp³-hybridized carbons (Fsp3) is 1.00. The summed E-state index contributed by atoms with van der Waals surface area (Å²) in [4.78, 5) is 0. The Labute approximate surface area is 44.1 Å². The second-order valence-corrected chi connectivity index (χ2v) is 2.86. The molecule has 0 amide bonds. The molecule has 0 aromatic carbocycles. The van der Waals surface area contributed by atoms with Crippen molar-refractivity contribution in [2.75, 3.05) is 13.1 Å². The van der Waals surface area contributed by atoms with Crippen LogP contribution in [0.5, 0.6) is 0 Å². The van der Waals surface area contributed by atoms with E-state index in [1.807, 2.05) is 0 Å². The molecule has 1 heteroatoms. The third kappa shape index (κ3) is 0.556. The topological polar surface area (TPSA) is 16.6 Å². The summed E-state index contributed by atoms with van der Waals surface area (Å²) >= 11 is 0. The van der Waals surface area contributed by atoms with Gasteiger partial charge in [-0.1, -0.05) is 0 Å². The Balaban J connectivity index is 1.95. The molecule has 2 N–H and O–H groups in total. The molecule has 0 bridgehead atoms. The third-order valence-corrected chi connectivity index (χ3v) is 2.28. The van der Waals surface area contributed by atoms with Crippen molar-refractivity contribution in [3.63, 3.8) is 0 Å². The van der Waals surface area contributed by atoms with Gasteiger partial charge in [0.2, 0.25) is 0 Å². The lowest BCUT2D eigenvalue weighted by atomic mass is 10.2. The third-order valence-electron chi connectivity index (χ3n) is 2.28. The van der Waals surface area contributed by atoms with Crippen LogP contribution in [0, 0.1) is 11.8 Å². The largest absolute Gasteiger partial charge is 0.346 e. The van der Waals surface area contributed by atoms with Gasteiger partial charge in [-0.05, 0) is 18.8 Å². The molecular weight excluding hydrogens is 86.1 g/mol. The first-order chi connectivity index (χ1) is 3.47. The summed E-state index contributed by atoms with van der Waals surface area (Å²) in [7, 11) is 0. The molecule has 1 aliphatic carbocycles. The molecule has 1 aliphatic heterocycles. The van der Waals surface area contributed by atoms with E-state index in [0.29, 0.717) is 0 Å². The highest BCUT2D eigenvalue weighted by molar-refractivity contribution is 4.86. The summed E-state index contributed by atoms with van der Waals surface area (Å²) in [6.45, 7) is 2.84. The van der Waals surface area contributed by atoms with Crippen molar-refractivity contribution >= 4 is 0 Å². The molecule has 0 aromatic rings. The van der Waals surface area contributed by atoms with Crippen molar-refractivity contribution in [2.45, 2.75) is 12.8 Å². The van der Waals surface area contributed by atoms with Crippen molar-refractivity contribution in [1.82, 2.24) is 0 Å². The van der Waals surface area contributed by atoms with Crippen LogP contribution < -0.4 is 5.32 Å². The van der Waals surface area contributed by atoms with Crippen LogP contribution in [0.15, 0.2) is 0 Å². The summed E-state index contributed by atoms with van der Waals surface area (Å²) in [6, 6.07) is 0. The maximum Gasteiger partial charge on any atom is 0.0786 e. The highest BCUT2D eigenvalue weighted by atomic mass is 14.9. The predicted octanol–water partition coefficient (Wildman–Crippen LogP) is -0.410. The van der Waals surface area contributed by atoms with Crippen LogP contribution >= 0.6 is 0 Å². The molecular formula is C6H12N+. The lowest BCUT2D eigenvalue weighted by Crippen LogP contribution is -2.86. The van der Waals surface area contributed by atoms with E-state index in [4.69, 9.17) is 0 Å². The van der Waals surface area contributed by atoms with Crippen LogP contribution in [0.3, 0.4) is 0 Å².